The maximum Gasteiger partial charge on any atom is 0.254 e. The highest BCUT2D eigenvalue weighted by Crippen LogP contribution is 2.05. The van der Waals surface area contributed by atoms with E-state index in [1.165, 1.54) is 6.26 Å². The number of carbonyl (C=O) groups excluding carboxylic acids is 1. The minimum Gasteiger partial charge on any atom is -0.469 e. The number of nitrogens with two attached hydrogens (primary N) is 1. The monoisotopic (exact) mass is 225 g/mol. The zero-order valence-electron chi connectivity index (χ0n) is 9.23. The van der Waals surface area contributed by atoms with Crippen LogP contribution in [-0.4, -0.2) is 23.5 Å². The lowest BCUT2D eigenvalue weighted by molar-refractivity contribution is 0.0950. The number of carbonyl (C=O) groups is 1. The van der Waals surface area contributed by atoms with Gasteiger partial charge in [-0.2, -0.15) is 0 Å². The predicted molar refractivity (Wildman–Crippen MR) is 58.4 cm³/mol. The third kappa shape index (κ3) is 3.01. The molecule has 4 N–H and O–H groups in total. The fourth-order valence-corrected chi connectivity index (χ4v) is 1.11. The summed E-state index contributed by atoms with van der Waals surface area (Å²) in [4.78, 5) is 11.6. The fourth-order valence-electron chi connectivity index (χ4n) is 1.11. The Morgan fingerprint density at radius 3 is 2.94 bits per heavy atom. The lowest BCUT2D eigenvalue weighted by atomic mass is 10.1. The minimum atomic E-state index is -0.241. The van der Waals surface area contributed by atoms with Crippen LogP contribution in [0.15, 0.2) is 21.9 Å². The molecule has 0 radical (unpaired) electrons. The van der Waals surface area contributed by atoms with E-state index in [2.05, 4.69) is 10.5 Å². The van der Waals surface area contributed by atoms with E-state index in [4.69, 9.17) is 15.4 Å². The zero-order valence-corrected chi connectivity index (χ0v) is 9.23. The smallest absolute Gasteiger partial charge is 0.254 e. The molecule has 1 aromatic heterocycles. The van der Waals surface area contributed by atoms with Gasteiger partial charge in [-0.05, 0) is 13.0 Å². The van der Waals surface area contributed by atoms with Crippen LogP contribution in [0.1, 0.15) is 23.0 Å². The Hall–Kier alpha value is -1.98. The number of nitrogens with zero attached hydrogens (tertiary/aromatic N) is 1. The molecule has 0 saturated heterocycles. The highest BCUT2D eigenvalue weighted by Gasteiger charge is 2.12. The van der Waals surface area contributed by atoms with Gasteiger partial charge in [-0.1, -0.05) is 12.1 Å². The maximum absolute atomic E-state index is 11.6. The molecule has 0 bridgehead atoms. The molecule has 0 aliphatic rings. The quantitative estimate of drug-likeness (QED) is 0.304. The normalized spacial score (nSPS) is 13.5. The van der Waals surface area contributed by atoms with Crippen LogP contribution >= 0.6 is 0 Å². The summed E-state index contributed by atoms with van der Waals surface area (Å²) in [5.74, 6) is 0.301. The van der Waals surface area contributed by atoms with Crippen molar-refractivity contribution in [3.63, 3.8) is 0 Å². The molecule has 6 heteroatoms. The summed E-state index contributed by atoms with van der Waals surface area (Å²) in [6, 6.07) is 1.64. The van der Waals surface area contributed by atoms with Crippen molar-refractivity contribution >= 4 is 11.7 Å². The summed E-state index contributed by atoms with van der Waals surface area (Å²) >= 11 is 0. The van der Waals surface area contributed by atoms with Crippen molar-refractivity contribution in [3.05, 3.63) is 23.7 Å². The Morgan fingerprint density at radius 2 is 2.44 bits per heavy atom. The van der Waals surface area contributed by atoms with E-state index in [1.807, 2.05) is 0 Å². The SMILES string of the molecule is Cc1cc(C(=O)NCC(C)C(N)=NO)co1. The van der Waals surface area contributed by atoms with Crippen molar-refractivity contribution in [2.75, 3.05) is 6.54 Å². The number of nitrogens with one attached hydrogen (secondary N) is 1. The first-order chi connectivity index (χ1) is 7.54. The summed E-state index contributed by atoms with van der Waals surface area (Å²) in [6.07, 6.45) is 1.39. The van der Waals surface area contributed by atoms with Crippen LogP contribution in [0.5, 0.6) is 0 Å². The molecule has 1 atom stereocenters. The predicted octanol–water partition coefficient (Wildman–Crippen LogP) is 0.700. The zero-order chi connectivity index (χ0) is 12.1. The Morgan fingerprint density at radius 1 is 1.75 bits per heavy atom. The van der Waals surface area contributed by atoms with E-state index in [0.29, 0.717) is 17.9 Å². The average molecular weight is 225 g/mol. The Labute approximate surface area is 93.1 Å². The van der Waals surface area contributed by atoms with Gasteiger partial charge in [-0.25, -0.2) is 0 Å². The molecule has 0 aliphatic carbocycles. The number of furan rings is 1. The number of rotatable bonds is 4. The van der Waals surface area contributed by atoms with Crippen LogP contribution in [0, 0.1) is 12.8 Å². The molecule has 88 valence electrons. The minimum absolute atomic E-state index is 0.0867. The average Bonchev–Trinajstić information content (AvgIpc) is 2.71. The van der Waals surface area contributed by atoms with Crippen molar-refractivity contribution < 1.29 is 14.4 Å². The molecule has 1 unspecified atom stereocenters. The topological polar surface area (TPSA) is 101 Å². The molecule has 0 fully saturated rings. The number of hydrogen-bond donors (Lipinski definition) is 3. The van der Waals surface area contributed by atoms with Crippen molar-refractivity contribution in [2.45, 2.75) is 13.8 Å². The summed E-state index contributed by atoms with van der Waals surface area (Å²) in [6.45, 7) is 3.81. The van der Waals surface area contributed by atoms with Crippen LogP contribution in [0.2, 0.25) is 0 Å². The van der Waals surface area contributed by atoms with Crippen LogP contribution in [0.25, 0.3) is 0 Å². The molecule has 0 aliphatic heterocycles. The Bertz CT molecular complexity index is 398. The van der Waals surface area contributed by atoms with Gasteiger partial charge in [0.05, 0.1) is 5.56 Å². The molecule has 0 aromatic carbocycles. The Kier molecular flexibility index (Phi) is 3.93. The standard InChI is InChI=1S/C10H15N3O3/c1-6(9(11)13-15)4-12-10(14)8-3-7(2)16-5-8/h3,5-6,15H,4H2,1-2H3,(H2,11,13)(H,12,14). The molecule has 1 amide bonds. The summed E-state index contributed by atoms with van der Waals surface area (Å²) in [7, 11) is 0. The second-order valence-corrected chi connectivity index (χ2v) is 3.58. The number of oxime groups is 1. The first-order valence-electron chi connectivity index (χ1n) is 4.85. The number of aryl methyl sites for hydroxylation is 1. The summed E-state index contributed by atoms with van der Waals surface area (Å²) < 4.78 is 5.01. The summed E-state index contributed by atoms with van der Waals surface area (Å²) in [5, 5.41) is 14.0. The van der Waals surface area contributed by atoms with Crippen molar-refractivity contribution in [3.8, 4) is 0 Å². The van der Waals surface area contributed by atoms with E-state index in [9.17, 15) is 4.79 Å². The van der Waals surface area contributed by atoms with Crippen LogP contribution in [0.4, 0.5) is 0 Å². The van der Waals surface area contributed by atoms with Gasteiger partial charge in [-0.15, -0.1) is 0 Å². The molecule has 16 heavy (non-hydrogen) atoms. The largest absolute Gasteiger partial charge is 0.469 e. The van der Waals surface area contributed by atoms with Crippen LogP contribution < -0.4 is 11.1 Å². The van der Waals surface area contributed by atoms with Gasteiger partial charge in [-0.3, -0.25) is 4.79 Å². The highest BCUT2D eigenvalue weighted by molar-refractivity contribution is 5.94. The molecular formula is C10H15N3O3. The molecule has 1 heterocycles. The second kappa shape index (κ2) is 5.20. The van der Waals surface area contributed by atoms with Gasteiger partial charge in [0.1, 0.15) is 17.9 Å². The molecular weight excluding hydrogens is 210 g/mol. The van der Waals surface area contributed by atoms with Crippen molar-refractivity contribution in [1.29, 1.82) is 0 Å². The Balaban J connectivity index is 2.47. The first kappa shape index (κ1) is 12.1. The van der Waals surface area contributed by atoms with Gasteiger partial charge in [0.15, 0.2) is 0 Å². The van der Waals surface area contributed by atoms with Gasteiger partial charge in [0.25, 0.3) is 5.91 Å². The highest BCUT2D eigenvalue weighted by atomic mass is 16.4. The first-order valence-corrected chi connectivity index (χ1v) is 4.85. The summed E-state index contributed by atoms with van der Waals surface area (Å²) in [5.41, 5.74) is 5.84. The number of hydrogen-bond acceptors (Lipinski definition) is 4. The van der Waals surface area contributed by atoms with Gasteiger partial charge in [0.2, 0.25) is 0 Å². The van der Waals surface area contributed by atoms with E-state index < -0.39 is 0 Å². The fraction of sp³-hybridized carbons (Fsp3) is 0.400. The maximum atomic E-state index is 11.6. The van der Waals surface area contributed by atoms with Gasteiger partial charge < -0.3 is 20.7 Å². The number of amides is 1. The molecule has 0 spiro atoms. The third-order valence-corrected chi connectivity index (χ3v) is 2.18. The van der Waals surface area contributed by atoms with Crippen molar-refractivity contribution in [2.24, 2.45) is 16.8 Å². The van der Waals surface area contributed by atoms with Gasteiger partial charge >= 0.3 is 0 Å². The van der Waals surface area contributed by atoms with E-state index >= 15 is 0 Å². The molecule has 1 aromatic rings. The lowest BCUT2D eigenvalue weighted by Gasteiger charge is -2.09. The third-order valence-electron chi connectivity index (χ3n) is 2.18. The molecule has 1 rings (SSSR count). The lowest BCUT2D eigenvalue weighted by Crippen LogP contribution is -2.34. The van der Waals surface area contributed by atoms with Crippen molar-refractivity contribution in [1.82, 2.24) is 5.32 Å². The van der Waals surface area contributed by atoms with Gasteiger partial charge in [0, 0.05) is 12.5 Å². The van der Waals surface area contributed by atoms with Crippen LogP contribution in [-0.2, 0) is 0 Å². The van der Waals surface area contributed by atoms with Crippen LogP contribution in [0.3, 0.4) is 0 Å². The van der Waals surface area contributed by atoms with E-state index in [-0.39, 0.29) is 17.7 Å². The number of amidine groups is 1. The molecule has 6 nitrogen and oxygen atoms in total. The molecule has 0 saturated carbocycles. The second-order valence-electron chi connectivity index (χ2n) is 3.58. The van der Waals surface area contributed by atoms with E-state index in [1.54, 1.807) is 19.9 Å². The van der Waals surface area contributed by atoms with E-state index in [0.717, 1.165) is 0 Å².